The molecular weight excluding hydrogens is 286 g/mol. The normalized spacial score (nSPS) is 21.0. The minimum Gasteiger partial charge on any atom is -0.479 e. The fourth-order valence-corrected chi connectivity index (χ4v) is 2.78. The zero-order valence-electron chi connectivity index (χ0n) is 13.3. The Hall–Kier alpha value is -1.89. The van der Waals surface area contributed by atoms with Crippen LogP contribution in [0.1, 0.15) is 36.2 Å². The van der Waals surface area contributed by atoms with E-state index in [9.17, 15) is 9.59 Å². The molecule has 7 nitrogen and oxygen atoms in total. The van der Waals surface area contributed by atoms with Crippen molar-refractivity contribution in [3.05, 3.63) is 17.0 Å². The second-order valence-electron chi connectivity index (χ2n) is 5.70. The number of nitrogens with zero attached hydrogens (tertiary/aromatic N) is 2. The molecule has 2 heterocycles. The molecule has 1 aromatic rings. The summed E-state index contributed by atoms with van der Waals surface area (Å²) in [5, 5.41) is 16.0. The topological polar surface area (TPSA) is 93.5 Å². The van der Waals surface area contributed by atoms with Gasteiger partial charge in [-0.15, -0.1) is 0 Å². The Balaban J connectivity index is 1.73. The van der Waals surface area contributed by atoms with Gasteiger partial charge in [0.2, 0.25) is 5.91 Å². The number of aryl methyl sites for hydroxylation is 2. The van der Waals surface area contributed by atoms with E-state index in [-0.39, 0.29) is 5.91 Å². The predicted octanol–water partition coefficient (Wildman–Crippen LogP) is 0.718. The van der Waals surface area contributed by atoms with Crippen LogP contribution in [-0.2, 0) is 27.8 Å². The van der Waals surface area contributed by atoms with E-state index in [1.807, 2.05) is 25.6 Å². The van der Waals surface area contributed by atoms with Gasteiger partial charge in [0.05, 0.1) is 5.69 Å². The highest BCUT2D eigenvalue weighted by atomic mass is 16.5. The summed E-state index contributed by atoms with van der Waals surface area (Å²) in [6.45, 7) is 4.57. The molecule has 0 spiro atoms. The molecule has 1 saturated heterocycles. The smallest absolute Gasteiger partial charge is 0.332 e. The highest BCUT2D eigenvalue weighted by Gasteiger charge is 2.34. The molecule has 0 bridgehead atoms. The molecule has 0 radical (unpaired) electrons. The van der Waals surface area contributed by atoms with Crippen molar-refractivity contribution in [1.82, 2.24) is 15.1 Å². The minimum absolute atomic E-state index is 0.219. The average Bonchev–Trinajstić information content (AvgIpc) is 3.03. The van der Waals surface area contributed by atoms with Gasteiger partial charge < -0.3 is 15.2 Å². The van der Waals surface area contributed by atoms with Crippen LogP contribution in [0.15, 0.2) is 0 Å². The Labute approximate surface area is 129 Å². The van der Waals surface area contributed by atoms with E-state index in [4.69, 9.17) is 9.84 Å². The maximum absolute atomic E-state index is 11.9. The molecule has 1 fully saturated rings. The number of nitrogens with one attached hydrogen (secondary N) is 1. The molecule has 1 aliphatic rings. The molecule has 0 aromatic carbocycles. The van der Waals surface area contributed by atoms with Gasteiger partial charge in [0.1, 0.15) is 6.10 Å². The lowest BCUT2D eigenvalue weighted by molar-refractivity contribution is -0.151. The summed E-state index contributed by atoms with van der Waals surface area (Å²) < 4.78 is 7.08. The number of hydrogen-bond acceptors (Lipinski definition) is 4. The van der Waals surface area contributed by atoms with Gasteiger partial charge in [0.25, 0.3) is 0 Å². The Kier molecular flexibility index (Phi) is 5.18. The Morgan fingerprint density at radius 3 is 2.59 bits per heavy atom. The molecule has 2 atom stereocenters. The zero-order chi connectivity index (χ0) is 16.3. The van der Waals surface area contributed by atoms with Crippen molar-refractivity contribution in [1.29, 1.82) is 0 Å². The number of aliphatic carboxylic acids is 1. The monoisotopic (exact) mass is 309 g/mol. The van der Waals surface area contributed by atoms with E-state index in [2.05, 4.69) is 10.4 Å². The van der Waals surface area contributed by atoms with Crippen molar-refractivity contribution in [2.24, 2.45) is 7.05 Å². The van der Waals surface area contributed by atoms with Gasteiger partial charge in [0, 0.05) is 19.3 Å². The maximum atomic E-state index is 11.9. The van der Waals surface area contributed by atoms with Crippen molar-refractivity contribution < 1.29 is 19.4 Å². The van der Waals surface area contributed by atoms with Gasteiger partial charge in [-0.05, 0) is 45.1 Å². The molecule has 1 amide bonds. The number of aromatic nitrogens is 2. The number of carboxylic acid groups (broad SMARTS) is 1. The van der Waals surface area contributed by atoms with Crippen LogP contribution in [0, 0.1) is 13.8 Å². The first-order valence-electron chi connectivity index (χ1n) is 7.55. The molecule has 1 aromatic heterocycles. The number of amides is 1. The Morgan fingerprint density at radius 1 is 1.36 bits per heavy atom. The van der Waals surface area contributed by atoms with Gasteiger partial charge in [-0.25, -0.2) is 4.79 Å². The van der Waals surface area contributed by atoms with Crippen molar-refractivity contribution in [3.8, 4) is 0 Å². The number of carbonyl (C=O) groups is 2. The van der Waals surface area contributed by atoms with Gasteiger partial charge in [-0.2, -0.15) is 5.10 Å². The van der Waals surface area contributed by atoms with Crippen molar-refractivity contribution in [3.63, 3.8) is 0 Å². The molecule has 22 heavy (non-hydrogen) atoms. The fourth-order valence-electron chi connectivity index (χ4n) is 2.78. The third-order valence-electron chi connectivity index (χ3n) is 4.15. The number of carboxylic acids is 1. The van der Waals surface area contributed by atoms with Crippen LogP contribution in [0.25, 0.3) is 0 Å². The van der Waals surface area contributed by atoms with Crippen molar-refractivity contribution in [2.75, 3.05) is 6.54 Å². The molecular formula is C15H23N3O4. The maximum Gasteiger partial charge on any atom is 0.332 e. The van der Waals surface area contributed by atoms with Gasteiger partial charge in [-0.3, -0.25) is 9.48 Å². The Morgan fingerprint density at radius 2 is 2.05 bits per heavy atom. The first-order chi connectivity index (χ1) is 10.4. The van der Waals surface area contributed by atoms with E-state index in [1.54, 1.807) is 0 Å². The summed E-state index contributed by atoms with van der Waals surface area (Å²) in [5.41, 5.74) is 3.39. The van der Waals surface area contributed by atoms with E-state index < -0.39 is 18.2 Å². The van der Waals surface area contributed by atoms with Crippen molar-refractivity contribution in [2.45, 2.75) is 51.7 Å². The second-order valence-corrected chi connectivity index (χ2v) is 5.70. The third-order valence-corrected chi connectivity index (χ3v) is 4.15. The highest BCUT2D eigenvalue weighted by molar-refractivity contribution is 5.82. The van der Waals surface area contributed by atoms with Crippen LogP contribution in [0.2, 0.25) is 0 Å². The molecule has 1 aliphatic heterocycles. The van der Waals surface area contributed by atoms with Gasteiger partial charge >= 0.3 is 5.97 Å². The lowest BCUT2D eigenvalue weighted by Gasteiger charge is -2.11. The summed E-state index contributed by atoms with van der Waals surface area (Å²) in [6.07, 6.45) is 1.04. The number of ether oxygens (including phenoxy) is 1. The van der Waals surface area contributed by atoms with Crippen LogP contribution < -0.4 is 5.32 Å². The summed E-state index contributed by atoms with van der Waals surface area (Å²) in [5.74, 6) is -1.22. The summed E-state index contributed by atoms with van der Waals surface area (Å²) in [7, 11) is 1.92. The number of hydrogen-bond donors (Lipinski definition) is 2. The van der Waals surface area contributed by atoms with Gasteiger partial charge in [-0.1, -0.05) is 0 Å². The standard InChI is InChI=1S/C15H23N3O4/c1-9-11(10(2)18(3)17-9)5-4-8-16-14(19)12-6-7-13(22-12)15(20)21/h12-13H,4-8H2,1-3H3,(H,16,19)(H,20,21)/t12-,13+/m0/s1. The van der Waals surface area contributed by atoms with Gasteiger partial charge in [0.15, 0.2) is 6.10 Å². The first kappa shape index (κ1) is 16.5. The zero-order valence-corrected chi connectivity index (χ0v) is 13.3. The molecule has 122 valence electrons. The second kappa shape index (κ2) is 6.91. The quantitative estimate of drug-likeness (QED) is 0.755. The van der Waals surface area contributed by atoms with Crippen LogP contribution in [0.4, 0.5) is 0 Å². The Bertz CT molecular complexity index is 567. The molecule has 0 saturated carbocycles. The molecule has 0 unspecified atom stereocenters. The lowest BCUT2D eigenvalue weighted by atomic mass is 10.1. The summed E-state index contributed by atoms with van der Waals surface area (Å²) in [6, 6.07) is 0. The predicted molar refractivity (Wildman–Crippen MR) is 79.5 cm³/mol. The largest absolute Gasteiger partial charge is 0.479 e. The van der Waals surface area contributed by atoms with Crippen LogP contribution in [-0.4, -0.2) is 45.5 Å². The van der Waals surface area contributed by atoms with E-state index in [1.165, 1.54) is 5.56 Å². The molecule has 2 N–H and O–H groups in total. The van der Waals surface area contributed by atoms with E-state index in [0.717, 1.165) is 24.2 Å². The SMILES string of the molecule is Cc1nn(C)c(C)c1CCCNC(=O)[C@@H]1CC[C@H](C(=O)O)O1. The van der Waals surface area contributed by atoms with Crippen molar-refractivity contribution >= 4 is 11.9 Å². The summed E-state index contributed by atoms with van der Waals surface area (Å²) in [4.78, 5) is 22.7. The third kappa shape index (κ3) is 3.65. The molecule has 2 rings (SSSR count). The molecule has 0 aliphatic carbocycles. The molecule has 7 heteroatoms. The first-order valence-corrected chi connectivity index (χ1v) is 7.55. The van der Waals surface area contributed by atoms with Crippen LogP contribution >= 0.6 is 0 Å². The highest BCUT2D eigenvalue weighted by Crippen LogP contribution is 2.20. The fraction of sp³-hybridized carbons (Fsp3) is 0.667. The van der Waals surface area contributed by atoms with Crippen LogP contribution in [0.5, 0.6) is 0 Å². The average molecular weight is 309 g/mol. The lowest BCUT2D eigenvalue weighted by Crippen LogP contribution is -2.36. The number of carbonyl (C=O) groups excluding carboxylic acids is 1. The number of rotatable bonds is 6. The van der Waals surface area contributed by atoms with E-state index in [0.29, 0.717) is 19.4 Å². The van der Waals surface area contributed by atoms with E-state index >= 15 is 0 Å². The summed E-state index contributed by atoms with van der Waals surface area (Å²) >= 11 is 0. The van der Waals surface area contributed by atoms with Crippen LogP contribution in [0.3, 0.4) is 0 Å². The minimum atomic E-state index is -1.00.